The van der Waals surface area contributed by atoms with E-state index in [0.29, 0.717) is 0 Å². The summed E-state index contributed by atoms with van der Waals surface area (Å²) in [5, 5.41) is 10.1. The Hall–Kier alpha value is -1.31. The minimum atomic E-state index is 0.751. The quantitative estimate of drug-likeness (QED) is 0.315. The summed E-state index contributed by atoms with van der Waals surface area (Å²) in [6.07, 6.45) is 0. The zero-order valence-electron chi connectivity index (χ0n) is 5.83. The van der Waals surface area contributed by atoms with Crippen molar-refractivity contribution in [3.8, 4) is 0 Å². The fourth-order valence-electron chi connectivity index (χ4n) is 0.744. The van der Waals surface area contributed by atoms with E-state index in [2.05, 4.69) is 5.16 Å². The molecular formula is C8H10NO+. The fourth-order valence-corrected chi connectivity index (χ4v) is 0.744. The third kappa shape index (κ3) is 1.35. The first-order chi connectivity index (χ1) is 4.84. The Kier molecular flexibility index (Phi) is 2.05. The Labute approximate surface area is 59.8 Å². The van der Waals surface area contributed by atoms with Gasteiger partial charge in [0.1, 0.15) is 5.71 Å². The topological polar surface area (TPSA) is 35.3 Å². The third-order valence-electron chi connectivity index (χ3n) is 1.36. The van der Waals surface area contributed by atoms with E-state index in [4.69, 9.17) is 5.21 Å². The van der Waals surface area contributed by atoms with Crippen LogP contribution in [0.5, 0.6) is 0 Å². The highest BCUT2D eigenvalue weighted by Crippen LogP contribution is 1.99. The largest absolute Gasteiger partial charge is 0.469 e. The summed E-state index contributed by atoms with van der Waals surface area (Å²) in [5.74, 6) is 0. The number of benzene rings is 1. The van der Waals surface area contributed by atoms with Crippen molar-refractivity contribution in [2.45, 2.75) is 6.92 Å². The number of hydrogen-bond donors (Lipinski definition) is 0. The summed E-state index contributed by atoms with van der Waals surface area (Å²) in [5.41, 5.74) is 1.76. The maximum Gasteiger partial charge on any atom is 0.134 e. The van der Waals surface area contributed by atoms with Gasteiger partial charge < -0.3 is 5.21 Å². The SMILES string of the molecule is C/C(=N\[OH2+])c1ccccc1. The predicted molar refractivity (Wildman–Crippen MR) is 42.3 cm³/mol. The van der Waals surface area contributed by atoms with Crippen LogP contribution in [0.2, 0.25) is 0 Å². The lowest BCUT2D eigenvalue weighted by Crippen LogP contribution is -1.92. The summed E-state index contributed by atoms with van der Waals surface area (Å²) in [7, 11) is 0. The molecule has 0 atom stereocenters. The van der Waals surface area contributed by atoms with Crippen LogP contribution < -0.4 is 0 Å². The minimum Gasteiger partial charge on any atom is -0.469 e. The normalized spacial score (nSPS) is 11.5. The average molecular weight is 136 g/mol. The fraction of sp³-hybridized carbons (Fsp3) is 0.125. The number of nitrogens with zero attached hydrogens (tertiary/aromatic N) is 1. The lowest BCUT2D eigenvalue weighted by Gasteiger charge is -1.92. The molecule has 10 heavy (non-hydrogen) atoms. The summed E-state index contributed by atoms with van der Waals surface area (Å²) in [6.45, 7) is 1.82. The molecule has 2 heteroatoms. The van der Waals surface area contributed by atoms with Crippen LogP contribution in [0.4, 0.5) is 0 Å². The van der Waals surface area contributed by atoms with Crippen LogP contribution in [0.3, 0.4) is 0 Å². The molecule has 0 radical (unpaired) electrons. The van der Waals surface area contributed by atoms with E-state index >= 15 is 0 Å². The highest BCUT2D eigenvalue weighted by molar-refractivity contribution is 5.98. The molecule has 1 rings (SSSR count). The molecule has 0 aromatic heterocycles. The summed E-state index contributed by atoms with van der Waals surface area (Å²) >= 11 is 0. The Balaban J connectivity index is 2.96. The van der Waals surface area contributed by atoms with Crippen molar-refractivity contribution in [1.82, 2.24) is 0 Å². The van der Waals surface area contributed by atoms with Gasteiger partial charge in [-0.3, -0.25) is 0 Å². The first-order valence-electron chi connectivity index (χ1n) is 3.11. The molecule has 52 valence electrons. The highest BCUT2D eigenvalue weighted by atomic mass is 16.4. The van der Waals surface area contributed by atoms with Gasteiger partial charge in [0.15, 0.2) is 0 Å². The first-order valence-corrected chi connectivity index (χ1v) is 3.11. The second kappa shape index (κ2) is 3.01. The van der Waals surface area contributed by atoms with Crippen LogP contribution in [0.15, 0.2) is 35.5 Å². The van der Waals surface area contributed by atoms with Gasteiger partial charge in [-0.2, -0.15) is 0 Å². The van der Waals surface area contributed by atoms with Crippen molar-refractivity contribution in [2.75, 3.05) is 0 Å². The summed E-state index contributed by atoms with van der Waals surface area (Å²) < 4.78 is 0. The molecule has 0 unspecified atom stereocenters. The van der Waals surface area contributed by atoms with Crippen molar-refractivity contribution in [3.05, 3.63) is 35.9 Å². The number of hydrogen-bond acceptors (Lipinski definition) is 1. The summed E-state index contributed by atoms with van der Waals surface area (Å²) in [4.78, 5) is 0. The van der Waals surface area contributed by atoms with Crippen LogP contribution in [0.25, 0.3) is 0 Å². The Morgan fingerprint density at radius 3 is 2.40 bits per heavy atom. The van der Waals surface area contributed by atoms with Crippen molar-refractivity contribution in [2.24, 2.45) is 5.16 Å². The molecule has 1 aromatic carbocycles. The molecule has 2 nitrogen and oxygen atoms in total. The Morgan fingerprint density at radius 2 is 1.90 bits per heavy atom. The predicted octanol–water partition coefficient (Wildman–Crippen LogP) is 1.14. The van der Waals surface area contributed by atoms with Crippen molar-refractivity contribution in [1.29, 1.82) is 0 Å². The Bertz CT molecular complexity index is 228. The van der Waals surface area contributed by atoms with Crippen LogP contribution in [-0.4, -0.2) is 10.9 Å². The zero-order chi connectivity index (χ0) is 7.40. The molecule has 1 aromatic rings. The van der Waals surface area contributed by atoms with Gasteiger partial charge in [0.2, 0.25) is 0 Å². The average Bonchev–Trinajstić information content (AvgIpc) is 2.05. The molecule has 0 aliphatic rings. The molecular weight excluding hydrogens is 126 g/mol. The van der Waals surface area contributed by atoms with Gasteiger partial charge in [-0.15, -0.1) is 0 Å². The standard InChI is InChI=1S/C8H9NO/c1-7(9-10)8-5-3-2-4-6-8/h2-6,10H,1H3/p+1/b9-7+. The molecule has 0 heterocycles. The minimum absolute atomic E-state index is 0.751. The lowest BCUT2D eigenvalue weighted by molar-refractivity contribution is 0.319. The second-order valence-corrected chi connectivity index (χ2v) is 2.06. The molecule has 0 aliphatic heterocycles. The molecule has 0 saturated heterocycles. The second-order valence-electron chi connectivity index (χ2n) is 2.06. The molecule has 0 fully saturated rings. The van der Waals surface area contributed by atoms with Crippen LogP contribution >= 0.6 is 0 Å². The molecule has 0 saturated carbocycles. The van der Waals surface area contributed by atoms with Gasteiger partial charge in [-0.25, -0.2) is 0 Å². The van der Waals surface area contributed by atoms with Crippen molar-refractivity contribution >= 4 is 5.71 Å². The van der Waals surface area contributed by atoms with E-state index in [1.54, 1.807) is 0 Å². The zero-order valence-corrected chi connectivity index (χ0v) is 5.83. The first kappa shape index (κ1) is 6.81. The van der Waals surface area contributed by atoms with Crippen LogP contribution in [0, 0.1) is 0 Å². The van der Waals surface area contributed by atoms with E-state index in [-0.39, 0.29) is 0 Å². The molecule has 0 bridgehead atoms. The molecule has 2 N–H and O–H groups in total. The van der Waals surface area contributed by atoms with Crippen LogP contribution in [-0.2, 0) is 0 Å². The smallest absolute Gasteiger partial charge is 0.134 e. The van der Waals surface area contributed by atoms with E-state index in [1.807, 2.05) is 37.3 Å². The maximum atomic E-state index is 6.73. The van der Waals surface area contributed by atoms with Crippen LogP contribution in [0.1, 0.15) is 12.5 Å². The monoisotopic (exact) mass is 136 g/mol. The third-order valence-corrected chi connectivity index (χ3v) is 1.36. The number of rotatable bonds is 1. The van der Waals surface area contributed by atoms with Gasteiger partial charge in [0, 0.05) is 5.56 Å². The molecule has 0 aliphatic carbocycles. The summed E-state index contributed by atoms with van der Waals surface area (Å²) in [6, 6.07) is 9.69. The van der Waals surface area contributed by atoms with E-state index < -0.39 is 0 Å². The van der Waals surface area contributed by atoms with E-state index in [1.165, 1.54) is 0 Å². The Morgan fingerprint density at radius 1 is 1.30 bits per heavy atom. The lowest BCUT2D eigenvalue weighted by atomic mass is 10.1. The van der Waals surface area contributed by atoms with E-state index in [0.717, 1.165) is 11.3 Å². The van der Waals surface area contributed by atoms with Crippen molar-refractivity contribution in [3.63, 3.8) is 0 Å². The van der Waals surface area contributed by atoms with Gasteiger partial charge in [0.25, 0.3) is 0 Å². The van der Waals surface area contributed by atoms with Gasteiger partial charge in [0.05, 0.1) is 5.16 Å². The maximum absolute atomic E-state index is 6.73. The molecule has 0 spiro atoms. The van der Waals surface area contributed by atoms with Gasteiger partial charge >= 0.3 is 0 Å². The van der Waals surface area contributed by atoms with Crippen molar-refractivity contribution < 1.29 is 5.21 Å². The highest BCUT2D eigenvalue weighted by Gasteiger charge is 1.95. The van der Waals surface area contributed by atoms with Gasteiger partial charge in [-0.1, -0.05) is 30.3 Å². The van der Waals surface area contributed by atoms with E-state index in [9.17, 15) is 0 Å². The molecule has 0 amide bonds. The van der Waals surface area contributed by atoms with Gasteiger partial charge in [-0.05, 0) is 6.92 Å².